The summed E-state index contributed by atoms with van der Waals surface area (Å²) in [5, 5.41) is 2.85. The predicted octanol–water partition coefficient (Wildman–Crippen LogP) is 3.09. The Bertz CT molecular complexity index is 829. The van der Waals surface area contributed by atoms with E-state index in [4.69, 9.17) is 4.74 Å². The van der Waals surface area contributed by atoms with Crippen LogP contribution in [0.2, 0.25) is 0 Å². The molecule has 0 radical (unpaired) electrons. The number of carbonyl (C=O) groups excluding carboxylic acids is 2. The third-order valence-electron chi connectivity index (χ3n) is 4.60. The van der Waals surface area contributed by atoms with E-state index >= 15 is 0 Å². The fraction of sp³-hybridized carbons (Fsp3) is 0.286. The molecule has 0 unspecified atom stereocenters. The van der Waals surface area contributed by atoms with Gasteiger partial charge in [-0.2, -0.15) is 0 Å². The molecule has 1 aliphatic rings. The molecule has 0 spiro atoms. The lowest BCUT2D eigenvalue weighted by molar-refractivity contribution is -0.113. The van der Waals surface area contributed by atoms with Crippen molar-refractivity contribution in [3.8, 4) is 5.75 Å². The SMILES string of the molecule is C=CC(=O)N(C)c1ccc(C(=O)NCc2cc(OC3CCC3)ccn2)cc1. The molecule has 2 amide bonds. The number of amides is 2. The first-order chi connectivity index (χ1) is 13.1. The van der Waals surface area contributed by atoms with E-state index in [0.29, 0.717) is 23.9 Å². The summed E-state index contributed by atoms with van der Waals surface area (Å²) in [5.41, 5.74) is 1.95. The number of benzene rings is 1. The van der Waals surface area contributed by atoms with Crippen LogP contribution in [0.15, 0.2) is 55.3 Å². The van der Waals surface area contributed by atoms with E-state index < -0.39 is 0 Å². The molecule has 3 rings (SSSR count). The van der Waals surface area contributed by atoms with Crippen molar-refractivity contribution >= 4 is 17.5 Å². The zero-order valence-electron chi connectivity index (χ0n) is 15.4. The predicted molar refractivity (Wildman–Crippen MR) is 104 cm³/mol. The number of hydrogen-bond donors (Lipinski definition) is 1. The highest BCUT2D eigenvalue weighted by Crippen LogP contribution is 2.25. The first-order valence-corrected chi connectivity index (χ1v) is 8.97. The van der Waals surface area contributed by atoms with Gasteiger partial charge in [0.15, 0.2) is 0 Å². The molecule has 140 valence electrons. The van der Waals surface area contributed by atoms with Crippen molar-refractivity contribution in [3.05, 3.63) is 66.5 Å². The highest BCUT2D eigenvalue weighted by atomic mass is 16.5. The van der Waals surface area contributed by atoms with Crippen molar-refractivity contribution in [1.29, 1.82) is 0 Å². The fourth-order valence-corrected chi connectivity index (χ4v) is 2.68. The van der Waals surface area contributed by atoms with Gasteiger partial charge in [-0.15, -0.1) is 0 Å². The Balaban J connectivity index is 1.56. The Morgan fingerprint density at radius 1 is 1.30 bits per heavy atom. The molecule has 1 fully saturated rings. The normalized spacial score (nSPS) is 13.4. The van der Waals surface area contributed by atoms with Crippen LogP contribution in [-0.2, 0) is 11.3 Å². The number of hydrogen-bond acceptors (Lipinski definition) is 4. The van der Waals surface area contributed by atoms with Crippen LogP contribution < -0.4 is 15.0 Å². The van der Waals surface area contributed by atoms with Gasteiger partial charge in [-0.05, 0) is 55.7 Å². The van der Waals surface area contributed by atoms with Gasteiger partial charge in [0, 0.05) is 30.6 Å². The summed E-state index contributed by atoms with van der Waals surface area (Å²) in [4.78, 5) is 29.7. The van der Waals surface area contributed by atoms with E-state index in [1.165, 1.54) is 17.4 Å². The molecule has 1 aromatic heterocycles. The van der Waals surface area contributed by atoms with E-state index in [1.807, 2.05) is 12.1 Å². The third kappa shape index (κ3) is 4.73. The van der Waals surface area contributed by atoms with Crippen molar-refractivity contribution in [1.82, 2.24) is 10.3 Å². The average Bonchev–Trinajstić information content (AvgIpc) is 2.68. The standard InChI is InChI=1S/C21H23N3O3/c1-3-20(25)24(2)17-9-7-15(8-10-17)21(26)23-14-16-13-19(11-12-22-16)27-18-5-4-6-18/h3,7-13,18H,1,4-6,14H2,2H3,(H,23,26). The number of likely N-dealkylation sites (N-methyl/N-ethyl adjacent to an activating group) is 1. The number of ether oxygens (including phenoxy) is 1. The maximum absolute atomic E-state index is 12.3. The Morgan fingerprint density at radius 2 is 2.04 bits per heavy atom. The van der Waals surface area contributed by atoms with Crippen LogP contribution in [0.3, 0.4) is 0 Å². The van der Waals surface area contributed by atoms with E-state index in [2.05, 4.69) is 16.9 Å². The van der Waals surface area contributed by atoms with Crippen LogP contribution in [0, 0.1) is 0 Å². The molecular weight excluding hydrogens is 342 g/mol. The van der Waals surface area contributed by atoms with Crippen LogP contribution in [0.4, 0.5) is 5.69 Å². The number of nitrogens with zero attached hydrogens (tertiary/aromatic N) is 2. The van der Waals surface area contributed by atoms with Gasteiger partial charge >= 0.3 is 0 Å². The maximum Gasteiger partial charge on any atom is 0.251 e. The Hall–Kier alpha value is -3.15. The fourth-order valence-electron chi connectivity index (χ4n) is 2.68. The average molecular weight is 365 g/mol. The highest BCUT2D eigenvalue weighted by Gasteiger charge is 2.19. The Labute approximate surface area is 158 Å². The van der Waals surface area contributed by atoms with Crippen molar-refractivity contribution in [2.75, 3.05) is 11.9 Å². The van der Waals surface area contributed by atoms with Crippen LogP contribution in [0.1, 0.15) is 35.3 Å². The number of aromatic nitrogens is 1. The zero-order valence-corrected chi connectivity index (χ0v) is 15.4. The minimum absolute atomic E-state index is 0.202. The van der Waals surface area contributed by atoms with E-state index in [1.54, 1.807) is 37.5 Å². The second-order valence-electron chi connectivity index (χ2n) is 6.48. The second kappa shape index (κ2) is 8.49. The summed E-state index contributed by atoms with van der Waals surface area (Å²) in [7, 11) is 1.66. The molecule has 0 bridgehead atoms. The van der Waals surface area contributed by atoms with Gasteiger partial charge in [-0.1, -0.05) is 6.58 Å². The van der Waals surface area contributed by atoms with Crippen molar-refractivity contribution in [2.45, 2.75) is 31.9 Å². The van der Waals surface area contributed by atoms with E-state index in [-0.39, 0.29) is 11.8 Å². The lowest BCUT2D eigenvalue weighted by Gasteiger charge is -2.26. The summed E-state index contributed by atoms with van der Waals surface area (Å²) in [6, 6.07) is 10.5. The van der Waals surface area contributed by atoms with E-state index in [0.717, 1.165) is 24.3 Å². The first-order valence-electron chi connectivity index (χ1n) is 8.97. The summed E-state index contributed by atoms with van der Waals surface area (Å²) in [5.74, 6) is 0.381. The smallest absolute Gasteiger partial charge is 0.251 e. The maximum atomic E-state index is 12.3. The molecule has 1 saturated carbocycles. The molecule has 27 heavy (non-hydrogen) atoms. The number of rotatable bonds is 7. The van der Waals surface area contributed by atoms with E-state index in [9.17, 15) is 9.59 Å². The van der Waals surface area contributed by atoms with Gasteiger partial charge in [-0.3, -0.25) is 14.6 Å². The minimum Gasteiger partial charge on any atom is -0.490 e. The van der Waals surface area contributed by atoms with Crippen molar-refractivity contribution in [3.63, 3.8) is 0 Å². The van der Waals surface area contributed by atoms with Crippen LogP contribution >= 0.6 is 0 Å². The summed E-state index contributed by atoms with van der Waals surface area (Å²) < 4.78 is 5.85. The van der Waals surface area contributed by atoms with Gasteiger partial charge in [-0.25, -0.2) is 0 Å². The van der Waals surface area contributed by atoms with Crippen molar-refractivity contribution in [2.24, 2.45) is 0 Å². The summed E-state index contributed by atoms with van der Waals surface area (Å²) in [6.45, 7) is 3.78. The van der Waals surface area contributed by atoms with Crippen LogP contribution in [0.25, 0.3) is 0 Å². The highest BCUT2D eigenvalue weighted by molar-refractivity contribution is 6.01. The molecule has 6 heteroatoms. The van der Waals surface area contributed by atoms with Gasteiger partial charge in [0.1, 0.15) is 5.75 Å². The second-order valence-corrected chi connectivity index (χ2v) is 6.48. The van der Waals surface area contributed by atoms with Gasteiger partial charge in [0.25, 0.3) is 5.91 Å². The first kappa shape index (κ1) is 18.6. The summed E-state index contributed by atoms with van der Waals surface area (Å²) >= 11 is 0. The molecule has 0 atom stereocenters. The zero-order chi connectivity index (χ0) is 19.2. The largest absolute Gasteiger partial charge is 0.490 e. The lowest BCUT2D eigenvalue weighted by atomic mass is 9.96. The minimum atomic E-state index is -0.206. The molecule has 1 heterocycles. The molecule has 1 aliphatic carbocycles. The van der Waals surface area contributed by atoms with Crippen LogP contribution in [0.5, 0.6) is 5.75 Å². The Morgan fingerprint density at radius 3 is 2.67 bits per heavy atom. The molecule has 6 nitrogen and oxygen atoms in total. The van der Waals surface area contributed by atoms with Crippen molar-refractivity contribution < 1.29 is 14.3 Å². The Kier molecular flexibility index (Phi) is 5.86. The quantitative estimate of drug-likeness (QED) is 0.766. The molecule has 0 aliphatic heterocycles. The molecule has 0 saturated heterocycles. The third-order valence-corrected chi connectivity index (χ3v) is 4.60. The monoisotopic (exact) mass is 365 g/mol. The number of carbonyl (C=O) groups is 2. The van der Waals surface area contributed by atoms with Gasteiger partial charge in [0.2, 0.25) is 5.91 Å². The molecule has 2 aromatic rings. The topological polar surface area (TPSA) is 71.5 Å². The number of pyridine rings is 1. The van der Waals surface area contributed by atoms with Gasteiger partial charge < -0.3 is 15.0 Å². The van der Waals surface area contributed by atoms with Crippen LogP contribution in [-0.4, -0.2) is 29.9 Å². The van der Waals surface area contributed by atoms with Gasteiger partial charge in [0.05, 0.1) is 18.3 Å². The summed E-state index contributed by atoms with van der Waals surface area (Å²) in [6.07, 6.45) is 6.65. The number of anilines is 1. The molecule has 1 aromatic carbocycles. The number of nitrogens with one attached hydrogen (secondary N) is 1. The molecule has 1 N–H and O–H groups in total. The molecular formula is C21H23N3O3. The lowest BCUT2D eigenvalue weighted by Crippen LogP contribution is -2.25.